The van der Waals surface area contributed by atoms with Crippen molar-refractivity contribution in [1.82, 2.24) is 20.1 Å². The smallest absolute Gasteiger partial charge is 0.219 e. The Labute approximate surface area is 182 Å². The second-order valence-corrected chi connectivity index (χ2v) is 8.31. The van der Waals surface area contributed by atoms with Gasteiger partial charge in [-0.05, 0) is 30.7 Å². The first-order chi connectivity index (χ1) is 14.4. The third-order valence-corrected chi connectivity index (χ3v) is 5.88. The van der Waals surface area contributed by atoms with Crippen molar-refractivity contribution in [3.63, 3.8) is 0 Å². The predicted octanol–water partition coefficient (Wildman–Crippen LogP) is 2.34. The highest BCUT2D eigenvalue weighted by Gasteiger charge is 2.44. The summed E-state index contributed by atoms with van der Waals surface area (Å²) in [6.07, 6.45) is 3.68. The fourth-order valence-corrected chi connectivity index (χ4v) is 4.36. The van der Waals surface area contributed by atoms with Crippen molar-refractivity contribution < 1.29 is 0 Å². The van der Waals surface area contributed by atoms with Crippen LogP contribution in [-0.2, 0) is 5.79 Å². The average molecular weight is 426 g/mol. The Hall–Kier alpha value is -2.77. The molecule has 2 aromatic rings. The number of hydrogen-bond donors (Lipinski definition) is 2. The summed E-state index contributed by atoms with van der Waals surface area (Å²) < 4.78 is 0. The van der Waals surface area contributed by atoms with Gasteiger partial charge in [-0.1, -0.05) is 29.8 Å². The number of nitrogens with two attached hydrogens (primary N) is 1. The van der Waals surface area contributed by atoms with Crippen molar-refractivity contribution in [3.8, 4) is 0 Å². The topological polar surface area (TPSA) is 73.0 Å². The molecule has 8 heteroatoms. The highest BCUT2D eigenvalue weighted by atomic mass is 35.5. The van der Waals surface area contributed by atoms with E-state index < -0.39 is 5.79 Å². The van der Waals surface area contributed by atoms with Crippen molar-refractivity contribution in [3.05, 3.63) is 70.6 Å². The fraction of sp³-hybridized carbons (Fsp3) is 0.364. The normalized spacial score (nSPS) is 22.2. The fourth-order valence-electron chi connectivity index (χ4n) is 3.99. The molecule has 2 aliphatic rings. The van der Waals surface area contributed by atoms with Gasteiger partial charge in [-0.2, -0.15) is 0 Å². The summed E-state index contributed by atoms with van der Waals surface area (Å²) in [4.78, 5) is 16.0. The third-order valence-electron chi connectivity index (χ3n) is 5.57. The molecule has 158 valence electrons. The van der Waals surface area contributed by atoms with Crippen LogP contribution in [0.4, 0.5) is 5.82 Å². The maximum Gasteiger partial charge on any atom is 0.219 e. The van der Waals surface area contributed by atoms with Crippen molar-refractivity contribution in [2.24, 2.45) is 10.7 Å². The lowest BCUT2D eigenvalue weighted by Crippen LogP contribution is -2.63. The largest absolute Gasteiger partial charge is 0.384 e. The number of hydrogen-bond acceptors (Lipinski definition) is 7. The predicted molar refractivity (Wildman–Crippen MR) is 122 cm³/mol. The summed E-state index contributed by atoms with van der Waals surface area (Å²) in [6.45, 7) is 5.27. The van der Waals surface area contributed by atoms with Crippen LogP contribution >= 0.6 is 11.6 Å². The van der Waals surface area contributed by atoms with Crippen molar-refractivity contribution in [2.45, 2.75) is 12.7 Å². The number of amidine groups is 1. The molecule has 30 heavy (non-hydrogen) atoms. The van der Waals surface area contributed by atoms with Gasteiger partial charge in [-0.25, -0.2) is 9.98 Å². The number of aryl methyl sites for hydroxylation is 1. The molecule has 0 saturated carbocycles. The van der Waals surface area contributed by atoms with Gasteiger partial charge in [0, 0.05) is 63.1 Å². The van der Waals surface area contributed by atoms with Gasteiger partial charge in [-0.15, -0.1) is 0 Å². The second-order valence-electron chi connectivity index (χ2n) is 7.90. The molecule has 0 amide bonds. The highest BCUT2D eigenvalue weighted by molar-refractivity contribution is 6.31. The molecular formula is C22H28ClN7. The van der Waals surface area contributed by atoms with Crippen LogP contribution in [0.15, 0.2) is 59.5 Å². The molecule has 1 saturated heterocycles. The maximum atomic E-state index is 6.74. The number of rotatable bonds is 4. The van der Waals surface area contributed by atoms with Crippen LogP contribution in [0, 0.1) is 6.92 Å². The number of piperazine rings is 1. The molecule has 1 unspecified atom stereocenters. The third kappa shape index (κ3) is 3.82. The number of nitrogens with zero attached hydrogens (tertiary/aromatic N) is 5. The number of halogens is 1. The zero-order valence-corrected chi connectivity index (χ0v) is 18.4. The number of benzene rings is 1. The van der Waals surface area contributed by atoms with E-state index in [0.717, 1.165) is 48.9 Å². The summed E-state index contributed by atoms with van der Waals surface area (Å²) in [7, 11) is 3.97. The van der Waals surface area contributed by atoms with Crippen LogP contribution in [0.2, 0.25) is 5.02 Å². The molecular weight excluding hydrogens is 398 g/mol. The Bertz CT molecular complexity index is 965. The van der Waals surface area contributed by atoms with Crippen molar-refractivity contribution in [1.29, 1.82) is 0 Å². The van der Waals surface area contributed by atoms with Crippen LogP contribution in [0.25, 0.3) is 0 Å². The standard InChI is InChI=1S/C22H28ClN7/c1-16-7-8-17(18(23)14-16)22(26-19(24)15-21(27-22)28(2)3)30-12-10-29(11-13-30)20-6-4-5-9-25-20/h4-9,14-15,27H,10-13H2,1-3H3,(H2,24,26). The Morgan fingerprint density at radius 2 is 1.90 bits per heavy atom. The summed E-state index contributed by atoms with van der Waals surface area (Å²) in [6, 6.07) is 12.1. The van der Waals surface area contributed by atoms with Crippen LogP contribution in [0.3, 0.4) is 0 Å². The Balaban J connectivity index is 1.70. The zero-order chi connectivity index (χ0) is 21.3. The van der Waals surface area contributed by atoms with Gasteiger partial charge >= 0.3 is 0 Å². The van der Waals surface area contributed by atoms with E-state index in [1.54, 1.807) is 0 Å². The van der Waals surface area contributed by atoms with E-state index in [4.69, 9.17) is 22.3 Å². The monoisotopic (exact) mass is 425 g/mol. The van der Waals surface area contributed by atoms with Crippen molar-refractivity contribution >= 4 is 23.3 Å². The number of pyridine rings is 1. The van der Waals surface area contributed by atoms with Crippen LogP contribution in [0.1, 0.15) is 11.1 Å². The van der Waals surface area contributed by atoms with Gasteiger partial charge < -0.3 is 20.9 Å². The lowest BCUT2D eigenvalue weighted by molar-refractivity contribution is 0.0531. The first kappa shape index (κ1) is 20.5. The zero-order valence-electron chi connectivity index (χ0n) is 17.6. The van der Waals surface area contributed by atoms with E-state index in [1.807, 2.05) is 68.5 Å². The Morgan fingerprint density at radius 3 is 2.53 bits per heavy atom. The van der Waals surface area contributed by atoms with Gasteiger partial charge in [0.15, 0.2) is 0 Å². The highest BCUT2D eigenvalue weighted by Crippen LogP contribution is 2.37. The molecule has 1 atom stereocenters. The Kier molecular flexibility index (Phi) is 5.58. The second kappa shape index (κ2) is 8.16. The summed E-state index contributed by atoms with van der Waals surface area (Å²) in [5, 5.41) is 4.30. The van der Waals surface area contributed by atoms with Crippen molar-refractivity contribution in [2.75, 3.05) is 45.2 Å². The SMILES string of the molecule is Cc1ccc(C2(N3CCN(c4ccccn4)CC3)N=C(N)C=C(N(C)C)N2)c(Cl)c1. The molecule has 7 nitrogen and oxygen atoms in total. The molecule has 0 bridgehead atoms. The number of aliphatic imine (C=N–C) groups is 1. The lowest BCUT2D eigenvalue weighted by atomic mass is 10.0. The average Bonchev–Trinajstić information content (AvgIpc) is 2.74. The molecule has 3 N–H and O–H groups in total. The van der Waals surface area contributed by atoms with E-state index in [9.17, 15) is 0 Å². The van der Waals surface area contributed by atoms with Crippen LogP contribution < -0.4 is 16.0 Å². The first-order valence-electron chi connectivity index (χ1n) is 10.1. The van der Waals surface area contributed by atoms with E-state index in [0.29, 0.717) is 10.9 Å². The van der Waals surface area contributed by atoms with Crippen LogP contribution in [-0.4, -0.2) is 60.9 Å². The number of aromatic nitrogens is 1. The summed E-state index contributed by atoms with van der Waals surface area (Å²) in [5.74, 6) is 1.50. The van der Waals surface area contributed by atoms with E-state index in [1.165, 1.54) is 0 Å². The van der Waals surface area contributed by atoms with Gasteiger partial charge in [0.05, 0.1) is 0 Å². The molecule has 3 heterocycles. The molecule has 1 fully saturated rings. The molecule has 0 radical (unpaired) electrons. The number of anilines is 1. The maximum absolute atomic E-state index is 6.74. The molecule has 1 aromatic carbocycles. The van der Waals surface area contributed by atoms with Gasteiger partial charge in [0.1, 0.15) is 17.5 Å². The van der Waals surface area contributed by atoms with E-state index >= 15 is 0 Å². The van der Waals surface area contributed by atoms with E-state index in [2.05, 4.69) is 26.2 Å². The molecule has 0 aliphatic carbocycles. The minimum Gasteiger partial charge on any atom is -0.384 e. The van der Waals surface area contributed by atoms with Crippen LogP contribution in [0.5, 0.6) is 0 Å². The molecule has 2 aliphatic heterocycles. The number of nitrogens with one attached hydrogen (secondary N) is 1. The molecule has 1 aromatic heterocycles. The Morgan fingerprint density at radius 1 is 1.13 bits per heavy atom. The minimum absolute atomic E-state index is 0.473. The van der Waals surface area contributed by atoms with Gasteiger partial charge in [0.25, 0.3) is 0 Å². The first-order valence-corrected chi connectivity index (χ1v) is 10.5. The summed E-state index contributed by atoms with van der Waals surface area (Å²) in [5.41, 5.74) is 8.30. The van der Waals surface area contributed by atoms with E-state index in [-0.39, 0.29) is 0 Å². The van der Waals surface area contributed by atoms with Gasteiger partial charge in [-0.3, -0.25) is 4.90 Å². The lowest BCUT2D eigenvalue weighted by Gasteiger charge is -2.48. The van der Waals surface area contributed by atoms with Gasteiger partial charge in [0.2, 0.25) is 5.79 Å². The minimum atomic E-state index is -0.862. The summed E-state index contributed by atoms with van der Waals surface area (Å²) >= 11 is 6.74. The molecule has 4 rings (SSSR count). The quantitative estimate of drug-likeness (QED) is 0.783. The molecule has 0 spiro atoms.